The normalized spacial score (nSPS) is 18.2. The summed E-state index contributed by atoms with van der Waals surface area (Å²) >= 11 is 0. The molecule has 106 valence electrons. The number of hydrogen-bond acceptors (Lipinski definition) is 4. The van der Waals surface area contributed by atoms with Crippen molar-refractivity contribution in [3.05, 3.63) is 11.3 Å². The molecule has 0 atom stereocenters. The number of aromatic amines is 1. The second-order valence-electron chi connectivity index (χ2n) is 4.65. The zero-order valence-corrected chi connectivity index (χ0v) is 11.5. The van der Waals surface area contributed by atoms with Crippen molar-refractivity contribution in [2.45, 2.75) is 37.6 Å². The van der Waals surface area contributed by atoms with E-state index in [1.165, 1.54) is 11.2 Å². The minimum absolute atomic E-state index is 0.251. The summed E-state index contributed by atoms with van der Waals surface area (Å²) in [6.07, 6.45) is 3.59. The summed E-state index contributed by atoms with van der Waals surface area (Å²) in [4.78, 5) is 11.2. The van der Waals surface area contributed by atoms with Crippen molar-refractivity contribution in [2.75, 3.05) is 13.1 Å². The molecule has 0 amide bonds. The number of sulfonamides is 1. The highest BCUT2D eigenvalue weighted by Gasteiger charge is 2.33. The van der Waals surface area contributed by atoms with E-state index in [1.54, 1.807) is 0 Å². The molecule has 2 heterocycles. The van der Waals surface area contributed by atoms with Gasteiger partial charge in [0.1, 0.15) is 5.56 Å². The highest BCUT2D eigenvalue weighted by Crippen LogP contribution is 2.23. The van der Waals surface area contributed by atoms with Gasteiger partial charge in [-0.2, -0.15) is 9.40 Å². The first-order valence-electron chi connectivity index (χ1n) is 6.23. The van der Waals surface area contributed by atoms with Crippen molar-refractivity contribution in [1.29, 1.82) is 0 Å². The zero-order chi connectivity index (χ0) is 14.0. The van der Waals surface area contributed by atoms with Crippen LogP contribution in [0.3, 0.4) is 0 Å². The van der Waals surface area contributed by atoms with Crippen LogP contribution in [0.25, 0.3) is 0 Å². The predicted molar refractivity (Wildman–Crippen MR) is 67.5 cm³/mol. The molecule has 2 rings (SSSR count). The van der Waals surface area contributed by atoms with E-state index in [4.69, 9.17) is 5.11 Å². The fourth-order valence-electron chi connectivity index (χ4n) is 2.25. The van der Waals surface area contributed by atoms with Crippen LogP contribution in [0.5, 0.6) is 0 Å². The van der Waals surface area contributed by atoms with Gasteiger partial charge in [0.2, 0.25) is 5.03 Å². The number of rotatable bonds is 3. The summed E-state index contributed by atoms with van der Waals surface area (Å²) in [5.74, 6) is -1.28. The molecule has 0 radical (unpaired) electrons. The van der Waals surface area contributed by atoms with E-state index >= 15 is 0 Å². The van der Waals surface area contributed by atoms with E-state index in [0.717, 1.165) is 25.7 Å². The number of aromatic carboxylic acids is 1. The largest absolute Gasteiger partial charge is 0.478 e. The molecule has 0 saturated carbocycles. The molecule has 0 unspecified atom stereocenters. The molecule has 1 aliphatic rings. The van der Waals surface area contributed by atoms with Gasteiger partial charge in [-0.25, -0.2) is 13.2 Å². The van der Waals surface area contributed by atoms with Gasteiger partial charge in [0.05, 0.1) is 0 Å². The first kappa shape index (κ1) is 14.0. The Labute approximate surface area is 111 Å². The van der Waals surface area contributed by atoms with Gasteiger partial charge in [0, 0.05) is 18.8 Å². The third kappa shape index (κ3) is 2.64. The number of nitrogens with one attached hydrogen (secondary N) is 1. The van der Waals surface area contributed by atoms with E-state index in [9.17, 15) is 13.2 Å². The lowest BCUT2D eigenvalue weighted by Gasteiger charge is -2.18. The van der Waals surface area contributed by atoms with Crippen molar-refractivity contribution < 1.29 is 18.3 Å². The van der Waals surface area contributed by atoms with Gasteiger partial charge in [-0.15, -0.1) is 0 Å². The van der Waals surface area contributed by atoms with Crippen LogP contribution in [-0.2, 0) is 10.0 Å². The Kier molecular flexibility index (Phi) is 3.91. The molecule has 1 aromatic heterocycles. The topological polar surface area (TPSA) is 103 Å². The Morgan fingerprint density at radius 2 is 1.84 bits per heavy atom. The van der Waals surface area contributed by atoms with Crippen LogP contribution in [0.2, 0.25) is 0 Å². The van der Waals surface area contributed by atoms with Crippen molar-refractivity contribution in [3.8, 4) is 0 Å². The van der Waals surface area contributed by atoms with Gasteiger partial charge in [0.25, 0.3) is 10.0 Å². The Hall–Kier alpha value is -1.41. The summed E-state index contributed by atoms with van der Waals surface area (Å²) in [5, 5.41) is 14.9. The first-order valence-corrected chi connectivity index (χ1v) is 7.67. The fourth-order valence-corrected chi connectivity index (χ4v) is 3.89. The van der Waals surface area contributed by atoms with E-state index in [2.05, 4.69) is 10.2 Å². The molecule has 19 heavy (non-hydrogen) atoms. The second kappa shape index (κ2) is 5.30. The second-order valence-corrected chi connectivity index (χ2v) is 6.51. The number of carboxylic acid groups (broad SMARTS) is 1. The zero-order valence-electron chi connectivity index (χ0n) is 10.7. The van der Waals surface area contributed by atoms with Crippen LogP contribution < -0.4 is 0 Å². The molecule has 8 heteroatoms. The molecule has 1 aliphatic heterocycles. The number of H-pyrrole nitrogens is 1. The molecule has 2 N–H and O–H groups in total. The van der Waals surface area contributed by atoms with Crippen LogP contribution in [0.1, 0.15) is 41.7 Å². The van der Waals surface area contributed by atoms with Crippen molar-refractivity contribution in [2.24, 2.45) is 0 Å². The molecular formula is C11H17N3O4S. The molecule has 0 spiro atoms. The number of aromatic nitrogens is 2. The fraction of sp³-hybridized carbons (Fsp3) is 0.636. The molecule has 0 aromatic carbocycles. The maximum absolute atomic E-state index is 12.5. The van der Waals surface area contributed by atoms with E-state index in [0.29, 0.717) is 13.1 Å². The lowest BCUT2D eigenvalue weighted by atomic mass is 10.2. The van der Waals surface area contributed by atoms with Crippen molar-refractivity contribution >= 4 is 16.0 Å². The molecule has 1 saturated heterocycles. The third-order valence-corrected chi connectivity index (χ3v) is 5.11. The molecule has 0 aliphatic carbocycles. The number of carboxylic acids is 1. The summed E-state index contributed by atoms with van der Waals surface area (Å²) in [7, 11) is -3.83. The van der Waals surface area contributed by atoms with Gasteiger partial charge in [-0.3, -0.25) is 5.10 Å². The maximum Gasteiger partial charge on any atom is 0.340 e. The Morgan fingerprint density at radius 1 is 1.26 bits per heavy atom. The van der Waals surface area contributed by atoms with E-state index < -0.39 is 16.0 Å². The Bertz CT molecular complexity index is 571. The summed E-state index contributed by atoms with van der Waals surface area (Å²) in [6, 6.07) is 0. The highest BCUT2D eigenvalue weighted by atomic mass is 32.2. The molecule has 0 bridgehead atoms. The Morgan fingerprint density at radius 3 is 2.37 bits per heavy atom. The van der Waals surface area contributed by atoms with Crippen molar-refractivity contribution in [3.63, 3.8) is 0 Å². The molecular weight excluding hydrogens is 270 g/mol. The van der Waals surface area contributed by atoms with Gasteiger partial charge < -0.3 is 5.11 Å². The number of hydrogen-bond donors (Lipinski definition) is 2. The smallest absolute Gasteiger partial charge is 0.340 e. The van der Waals surface area contributed by atoms with Crippen molar-refractivity contribution in [1.82, 2.24) is 14.5 Å². The van der Waals surface area contributed by atoms with Crippen LogP contribution in [0, 0.1) is 6.92 Å². The maximum atomic E-state index is 12.5. The predicted octanol–water partition coefficient (Wildman–Crippen LogP) is 0.981. The summed E-state index contributed by atoms with van der Waals surface area (Å²) < 4.78 is 26.3. The van der Waals surface area contributed by atoms with Crippen LogP contribution >= 0.6 is 0 Å². The van der Waals surface area contributed by atoms with Gasteiger partial charge in [-0.05, 0) is 19.8 Å². The van der Waals surface area contributed by atoms with E-state index in [-0.39, 0.29) is 16.3 Å². The van der Waals surface area contributed by atoms with Crippen LogP contribution in [0.15, 0.2) is 5.03 Å². The van der Waals surface area contributed by atoms with Gasteiger partial charge >= 0.3 is 5.97 Å². The van der Waals surface area contributed by atoms with E-state index in [1.807, 2.05) is 0 Å². The van der Waals surface area contributed by atoms with Gasteiger partial charge in [-0.1, -0.05) is 12.8 Å². The van der Waals surface area contributed by atoms with Crippen LogP contribution in [-0.4, -0.2) is 47.1 Å². The standard InChI is InChI=1S/C11H17N3O4S/c1-8-9(11(15)16)10(13-12-8)19(17,18)14-6-4-2-3-5-7-14/h2-7H2,1H3,(H,12,13)(H,15,16). The minimum atomic E-state index is -3.83. The SMILES string of the molecule is Cc1[nH]nc(S(=O)(=O)N2CCCCCC2)c1C(=O)O. The average Bonchev–Trinajstić information content (AvgIpc) is 2.58. The Balaban J connectivity index is 2.41. The molecule has 1 fully saturated rings. The summed E-state index contributed by atoms with van der Waals surface area (Å²) in [6.45, 7) is 2.35. The monoisotopic (exact) mass is 287 g/mol. The summed E-state index contributed by atoms with van der Waals surface area (Å²) in [5.41, 5.74) is -0.00913. The highest BCUT2D eigenvalue weighted by molar-refractivity contribution is 7.89. The lowest BCUT2D eigenvalue weighted by molar-refractivity contribution is 0.0691. The number of aryl methyl sites for hydroxylation is 1. The molecule has 7 nitrogen and oxygen atoms in total. The number of nitrogens with zero attached hydrogens (tertiary/aromatic N) is 2. The first-order chi connectivity index (χ1) is 8.94. The molecule has 1 aromatic rings. The average molecular weight is 287 g/mol. The number of carbonyl (C=O) groups is 1. The lowest BCUT2D eigenvalue weighted by Crippen LogP contribution is -2.33. The minimum Gasteiger partial charge on any atom is -0.478 e. The van der Waals surface area contributed by atoms with Gasteiger partial charge in [0.15, 0.2) is 0 Å². The quantitative estimate of drug-likeness (QED) is 0.862. The third-order valence-electron chi connectivity index (χ3n) is 3.28. The van der Waals surface area contributed by atoms with Crippen LogP contribution in [0.4, 0.5) is 0 Å².